The highest BCUT2D eigenvalue weighted by Gasteiger charge is 2.19. The van der Waals surface area contributed by atoms with Crippen molar-refractivity contribution >= 4 is 63.0 Å². The summed E-state index contributed by atoms with van der Waals surface area (Å²) in [4.78, 5) is 15.7. The molecule has 0 aliphatic rings. The van der Waals surface area contributed by atoms with E-state index in [0.29, 0.717) is 17.5 Å². The van der Waals surface area contributed by atoms with Crippen LogP contribution in [0.15, 0.2) is 158 Å². The Bertz CT molecular complexity index is 2940. The lowest BCUT2D eigenvalue weighted by Crippen LogP contribution is -2.01. The highest BCUT2D eigenvalue weighted by atomic mass is 32.1. The largest absolute Gasteiger partial charge is 0.208 e. The minimum atomic E-state index is 0.657. The van der Waals surface area contributed by atoms with Crippen molar-refractivity contribution in [2.24, 2.45) is 0 Å². The molecule has 0 spiro atoms. The van der Waals surface area contributed by atoms with Crippen LogP contribution in [-0.4, -0.2) is 15.0 Å². The van der Waals surface area contributed by atoms with E-state index in [-0.39, 0.29) is 0 Å². The van der Waals surface area contributed by atoms with Crippen LogP contribution < -0.4 is 0 Å². The number of hydrogen-bond donors (Lipinski definition) is 0. The molecule has 0 aliphatic heterocycles. The van der Waals surface area contributed by atoms with E-state index >= 15 is 0 Å². The summed E-state index contributed by atoms with van der Waals surface area (Å²) in [6, 6.07) is 55.9. The molecule has 0 saturated carbocycles. The first-order valence-corrected chi connectivity index (χ1v) is 18.7. The molecule has 3 aromatic heterocycles. The lowest BCUT2D eigenvalue weighted by atomic mass is 9.98. The molecule has 7 aromatic carbocycles. The molecule has 3 nitrogen and oxygen atoms in total. The van der Waals surface area contributed by atoms with Crippen LogP contribution in [0, 0.1) is 6.92 Å². The van der Waals surface area contributed by atoms with Gasteiger partial charge in [-0.3, -0.25) is 0 Å². The number of aromatic nitrogens is 3. The van der Waals surface area contributed by atoms with E-state index in [4.69, 9.17) is 15.0 Å². The number of aryl methyl sites for hydroxylation is 1. The first-order chi connectivity index (χ1) is 25.2. The van der Waals surface area contributed by atoms with Crippen molar-refractivity contribution < 1.29 is 0 Å². The molecule has 10 aromatic rings. The zero-order chi connectivity index (χ0) is 33.9. The molecule has 0 N–H and O–H groups in total. The van der Waals surface area contributed by atoms with Crippen LogP contribution in [-0.2, 0) is 0 Å². The van der Waals surface area contributed by atoms with Gasteiger partial charge in [0.2, 0.25) is 0 Å². The quantitative estimate of drug-likeness (QED) is 0.181. The Morgan fingerprint density at radius 1 is 0.353 bits per heavy atom. The Morgan fingerprint density at radius 2 is 0.843 bits per heavy atom. The summed E-state index contributed by atoms with van der Waals surface area (Å²) in [7, 11) is 0. The molecule has 0 aliphatic carbocycles. The second-order valence-corrected chi connectivity index (χ2v) is 14.9. The number of nitrogens with zero attached hydrogens (tertiary/aromatic N) is 3. The van der Waals surface area contributed by atoms with Gasteiger partial charge in [-0.2, -0.15) is 0 Å². The molecule has 0 amide bonds. The second kappa shape index (κ2) is 12.1. The highest BCUT2D eigenvalue weighted by molar-refractivity contribution is 7.26. The van der Waals surface area contributed by atoms with Gasteiger partial charge in [0.25, 0.3) is 0 Å². The van der Waals surface area contributed by atoms with Crippen molar-refractivity contribution in [2.75, 3.05) is 0 Å². The van der Waals surface area contributed by atoms with E-state index < -0.39 is 0 Å². The summed E-state index contributed by atoms with van der Waals surface area (Å²) in [5.74, 6) is 2.02. The Hall–Kier alpha value is -6.01. The monoisotopic (exact) mass is 687 g/mol. The Morgan fingerprint density at radius 3 is 1.57 bits per heavy atom. The fraction of sp³-hybridized carbons (Fsp3) is 0.0217. The van der Waals surface area contributed by atoms with Gasteiger partial charge in [0.05, 0.1) is 0 Å². The van der Waals surface area contributed by atoms with Crippen molar-refractivity contribution in [3.63, 3.8) is 0 Å². The van der Waals surface area contributed by atoms with Crippen molar-refractivity contribution in [1.82, 2.24) is 15.0 Å². The number of thiophene rings is 2. The third-order valence-electron chi connectivity index (χ3n) is 9.74. The van der Waals surface area contributed by atoms with Gasteiger partial charge in [-0.15, -0.1) is 22.7 Å². The standard InChI is InChI=1S/C46H29N3S2/c1-28-34(24-25-38-36-19-6-7-22-40(36)50-42(28)38)45-47-44(48-46(49-45)39-21-11-20-37-35-18-5-8-23-41(35)51-43(37)39)33-17-10-16-32(27-33)31-15-9-14-30(26-31)29-12-3-2-4-13-29/h2-27H,1H3. The number of fused-ring (bicyclic) bond motifs is 6. The van der Waals surface area contributed by atoms with Crippen molar-refractivity contribution in [1.29, 1.82) is 0 Å². The van der Waals surface area contributed by atoms with Gasteiger partial charge in [-0.25, -0.2) is 15.0 Å². The lowest BCUT2D eigenvalue weighted by molar-refractivity contribution is 1.07. The van der Waals surface area contributed by atoms with Gasteiger partial charge in [-0.05, 0) is 65.1 Å². The van der Waals surface area contributed by atoms with Gasteiger partial charge in [0.1, 0.15) is 0 Å². The smallest absolute Gasteiger partial charge is 0.165 e. The second-order valence-electron chi connectivity index (χ2n) is 12.8. The SMILES string of the molecule is Cc1c(-c2nc(-c3cccc(-c4cccc(-c5ccccc5)c4)c3)nc(-c3cccc4c3sc3ccccc34)n2)ccc2c1sc1ccccc12. The molecular weight excluding hydrogens is 659 g/mol. The summed E-state index contributed by atoms with van der Waals surface area (Å²) in [6.45, 7) is 2.20. The van der Waals surface area contributed by atoms with Crippen LogP contribution >= 0.6 is 22.7 Å². The predicted octanol–water partition coefficient (Wildman–Crippen LogP) is 13.3. The van der Waals surface area contributed by atoms with Crippen molar-refractivity contribution in [3.05, 3.63) is 163 Å². The van der Waals surface area contributed by atoms with Crippen LogP contribution in [0.3, 0.4) is 0 Å². The maximum atomic E-state index is 5.26. The molecule has 0 unspecified atom stereocenters. The first kappa shape index (κ1) is 29.9. The zero-order valence-corrected chi connectivity index (χ0v) is 29.3. The fourth-order valence-corrected chi connectivity index (χ4v) is 9.60. The molecule has 0 radical (unpaired) electrons. The van der Waals surface area contributed by atoms with Crippen LogP contribution in [0.25, 0.3) is 96.8 Å². The van der Waals surface area contributed by atoms with Crippen LogP contribution in [0.4, 0.5) is 0 Å². The number of benzene rings is 7. The zero-order valence-electron chi connectivity index (χ0n) is 27.7. The molecule has 5 heteroatoms. The van der Waals surface area contributed by atoms with E-state index in [2.05, 4.69) is 165 Å². The Labute approximate surface area is 303 Å². The Kier molecular flexibility index (Phi) is 7.08. The van der Waals surface area contributed by atoms with Gasteiger partial charge in [0.15, 0.2) is 17.5 Å². The normalized spacial score (nSPS) is 11.6. The van der Waals surface area contributed by atoms with Crippen LogP contribution in [0.5, 0.6) is 0 Å². The van der Waals surface area contributed by atoms with E-state index in [0.717, 1.165) is 27.8 Å². The summed E-state index contributed by atoms with van der Waals surface area (Å²) >= 11 is 3.63. The maximum Gasteiger partial charge on any atom is 0.165 e. The van der Waals surface area contributed by atoms with E-state index in [1.807, 2.05) is 11.3 Å². The van der Waals surface area contributed by atoms with Gasteiger partial charge in [-0.1, -0.05) is 127 Å². The lowest BCUT2D eigenvalue weighted by Gasteiger charge is -2.12. The molecule has 240 valence electrons. The summed E-state index contributed by atoms with van der Waals surface area (Å²) in [6.07, 6.45) is 0. The minimum Gasteiger partial charge on any atom is -0.208 e. The molecule has 10 rings (SSSR count). The van der Waals surface area contributed by atoms with E-state index in [9.17, 15) is 0 Å². The topological polar surface area (TPSA) is 38.7 Å². The third-order valence-corrected chi connectivity index (χ3v) is 12.3. The summed E-state index contributed by atoms with van der Waals surface area (Å²) in [5.41, 5.74) is 8.82. The van der Waals surface area contributed by atoms with Gasteiger partial charge < -0.3 is 0 Å². The first-order valence-electron chi connectivity index (χ1n) is 17.0. The third kappa shape index (κ3) is 5.13. The average molecular weight is 688 g/mol. The van der Waals surface area contributed by atoms with Crippen LogP contribution in [0.1, 0.15) is 5.56 Å². The summed E-state index contributed by atoms with van der Waals surface area (Å²) < 4.78 is 4.99. The average Bonchev–Trinajstić information content (AvgIpc) is 3.78. The predicted molar refractivity (Wildman–Crippen MR) is 218 cm³/mol. The molecular formula is C46H29N3S2. The molecule has 51 heavy (non-hydrogen) atoms. The molecule has 0 bridgehead atoms. The van der Waals surface area contributed by atoms with Gasteiger partial charge >= 0.3 is 0 Å². The highest BCUT2D eigenvalue weighted by Crippen LogP contribution is 2.42. The Balaban J connectivity index is 1.17. The maximum absolute atomic E-state index is 5.26. The van der Waals surface area contributed by atoms with Crippen molar-refractivity contribution in [2.45, 2.75) is 6.92 Å². The summed E-state index contributed by atoms with van der Waals surface area (Å²) in [5, 5.41) is 5.03. The minimum absolute atomic E-state index is 0.657. The molecule has 0 atom stereocenters. The van der Waals surface area contributed by atoms with Gasteiger partial charge in [0, 0.05) is 57.0 Å². The molecule has 0 saturated heterocycles. The van der Waals surface area contributed by atoms with Crippen molar-refractivity contribution in [3.8, 4) is 56.4 Å². The number of rotatable bonds is 5. The van der Waals surface area contributed by atoms with Crippen LogP contribution in [0.2, 0.25) is 0 Å². The molecule has 0 fully saturated rings. The molecule has 3 heterocycles. The number of hydrogen-bond acceptors (Lipinski definition) is 5. The van der Waals surface area contributed by atoms with E-state index in [1.165, 1.54) is 57.0 Å². The van der Waals surface area contributed by atoms with E-state index in [1.54, 1.807) is 11.3 Å². The fourth-order valence-electron chi connectivity index (χ4n) is 7.18.